The van der Waals surface area contributed by atoms with Crippen LogP contribution in [0.2, 0.25) is 0 Å². The van der Waals surface area contributed by atoms with Gasteiger partial charge in [0.2, 0.25) is 0 Å². The summed E-state index contributed by atoms with van der Waals surface area (Å²) in [6.07, 6.45) is 0.831. The van der Waals surface area contributed by atoms with Crippen molar-refractivity contribution in [2.45, 2.75) is 33.7 Å². The van der Waals surface area contributed by atoms with Crippen LogP contribution in [0.25, 0.3) is 0 Å². The topological polar surface area (TPSA) is 79.4 Å². The van der Waals surface area contributed by atoms with Crippen LogP contribution in [0.4, 0.5) is 5.82 Å². The third-order valence-electron chi connectivity index (χ3n) is 2.54. The van der Waals surface area contributed by atoms with E-state index in [1.54, 1.807) is 6.92 Å². The van der Waals surface area contributed by atoms with Crippen molar-refractivity contribution in [2.75, 3.05) is 25.6 Å². The van der Waals surface area contributed by atoms with Crippen molar-refractivity contribution in [3.05, 3.63) is 11.5 Å². The summed E-state index contributed by atoms with van der Waals surface area (Å²) in [5, 5.41) is 0. The number of imidazole rings is 1. The Morgan fingerprint density at radius 1 is 1.39 bits per heavy atom. The number of ether oxygens (including phenoxy) is 2. The molecule has 0 spiro atoms. The van der Waals surface area contributed by atoms with Crippen LogP contribution in [0.3, 0.4) is 0 Å². The van der Waals surface area contributed by atoms with E-state index in [9.17, 15) is 4.79 Å². The van der Waals surface area contributed by atoms with E-state index in [4.69, 9.17) is 15.2 Å². The lowest BCUT2D eigenvalue weighted by Gasteiger charge is -2.07. The first-order chi connectivity index (χ1) is 8.61. The van der Waals surface area contributed by atoms with Gasteiger partial charge in [-0.2, -0.15) is 0 Å². The van der Waals surface area contributed by atoms with Crippen molar-refractivity contribution >= 4 is 11.8 Å². The SMILES string of the molecule is CCOCCCn1c(C)nc(C(=O)OCC)c1N. The minimum absolute atomic E-state index is 0.200. The number of carbonyl (C=O) groups excluding carboxylic acids is 1. The number of nitrogens with zero attached hydrogens (tertiary/aromatic N) is 2. The Kier molecular flexibility index (Phi) is 5.64. The van der Waals surface area contributed by atoms with Crippen molar-refractivity contribution in [3.8, 4) is 0 Å². The van der Waals surface area contributed by atoms with Crippen LogP contribution in [-0.4, -0.2) is 35.3 Å². The van der Waals surface area contributed by atoms with Gasteiger partial charge in [0.25, 0.3) is 0 Å². The molecule has 0 aliphatic carbocycles. The molecule has 2 N–H and O–H groups in total. The van der Waals surface area contributed by atoms with Gasteiger partial charge in [0.05, 0.1) is 6.61 Å². The maximum Gasteiger partial charge on any atom is 0.360 e. The Morgan fingerprint density at radius 3 is 2.72 bits per heavy atom. The Hall–Kier alpha value is -1.56. The normalized spacial score (nSPS) is 10.6. The van der Waals surface area contributed by atoms with E-state index < -0.39 is 5.97 Å². The molecule has 6 heteroatoms. The van der Waals surface area contributed by atoms with Gasteiger partial charge < -0.3 is 19.8 Å². The van der Waals surface area contributed by atoms with Crippen molar-refractivity contribution in [2.24, 2.45) is 0 Å². The van der Waals surface area contributed by atoms with E-state index in [1.165, 1.54) is 0 Å². The molecule has 6 nitrogen and oxygen atoms in total. The molecule has 0 atom stereocenters. The van der Waals surface area contributed by atoms with Gasteiger partial charge in [-0.3, -0.25) is 0 Å². The minimum Gasteiger partial charge on any atom is -0.461 e. The molecule has 0 radical (unpaired) electrons. The molecule has 0 bridgehead atoms. The summed E-state index contributed by atoms with van der Waals surface area (Å²) in [5.41, 5.74) is 6.11. The van der Waals surface area contributed by atoms with Gasteiger partial charge >= 0.3 is 5.97 Å². The first kappa shape index (κ1) is 14.5. The molecular formula is C12H21N3O3. The lowest BCUT2D eigenvalue weighted by Crippen LogP contribution is -2.11. The van der Waals surface area contributed by atoms with Crippen LogP contribution >= 0.6 is 0 Å². The number of aryl methyl sites for hydroxylation is 1. The van der Waals surface area contributed by atoms with E-state index in [1.807, 2.05) is 18.4 Å². The number of aromatic nitrogens is 2. The van der Waals surface area contributed by atoms with Crippen molar-refractivity contribution < 1.29 is 14.3 Å². The number of anilines is 1. The minimum atomic E-state index is -0.471. The molecule has 0 aliphatic heterocycles. The zero-order chi connectivity index (χ0) is 13.5. The van der Waals surface area contributed by atoms with Gasteiger partial charge in [-0.15, -0.1) is 0 Å². The van der Waals surface area contributed by atoms with Crippen LogP contribution in [-0.2, 0) is 16.0 Å². The summed E-state index contributed by atoms with van der Waals surface area (Å²) < 4.78 is 12.0. The molecule has 0 amide bonds. The molecule has 0 aromatic carbocycles. The monoisotopic (exact) mass is 255 g/mol. The third-order valence-corrected chi connectivity index (χ3v) is 2.54. The maximum absolute atomic E-state index is 11.6. The van der Waals surface area contributed by atoms with E-state index in [0.717, 1.165) is 6.42 Å². The fourth-order valence-electron chi connectivity index (χ4n) is 1.68. The zero-order valence-corrected chi connectivity index (χ0v) is 11.2. The van der Waals surface area contributed by atoms with Gasteiger partial charge in [0, 0.05) is 19.8 Å². The summed E-state index contributed by atoms with van der Waals surface area (Å²) in [7, 11) is 0. The van der Waals surface area contributed by atoms with Gasteiger partial charge in [0.15, 0.2) is 5.69 Å². The summed E-state index contributed by atoms with van der Waals surface area (Å²) in [6.45, 7) is 7.89. The summed E-state index contributed by atoms with van der Waals surface area (Å²) >= 11 is 0. The average molecular weight is 255 g/mol. The quantitative estimate of drug-likeness (QED) is 0.588. The molecule has 0 unspecified atom stereocenters. The molecule has 1 heterocycles. The number of hydrogen-bond donors (Lipinski definition) is 1. The van der Waals surface area contributed by atoms with E-state index >= 15 is 0 Å². The third kappa shape index (κ3) is 3.46. The van der Waals surface area contributed by atoms with Gasteiger partial charge in [-0.25, -0.2) is 9.78 Å². The van der Waals surface area contributed by atoms with Crippen molar-refractivity contribution in [1.29, 1.82) is 0 Å². The summed E-state index contributed by atoms with van der Waals surface area (Å²) in [4.78, 5) is 15.8. The second-order valence-electron chi connectivity index (χ2n) is 3.82. The highest BCUT2D eigenvalue weighted by atomic mass is 16.5. The molecular weight excluding hydrogens is 234 g/mol. The Balaban J connectivity index is 2.71. The second-order valence-corrected chi connectivity index (χ2v) is 3.82. The fraction of sp³-hybridized carbons (Fsp3) is 0.667. The molecule has 18 heavy (non-hydrogen) atoms. The van der Waals surface area contributed by atoms with Crippen molar-refractivity contribution in [1.82, 2.24) is 9.55 Å². The van der Waals surface area contributed by atoms with Gasteiger partial charge in [-0.1, -0.05) is 0 Å². The molecule has 102 valence electrons. The highest BCUT2D eigenvalue weighted by molar-refractivity contribution is 5.92. The van der Waals surface area contributed by atoms with Crippen LogP contribution in [0.5, 0.6) is 0 Å². The Bertz CT molecular complexity index is 402. The number of hydrogen-bond acceptors (Lipinski definition) is 5. The smallest absolute Gasteiger partial charge is 0.360 e. The molecule has 0 fully saturated rings. The van der Waals surface area contributed by atoms with Gasteiger partial charge in [-0.05, 0) is 27.2 Å². The molecule has 0 saturated heterocycles. The number of rotatable bonds is 7. The van der Waals surface area contributed by atoms with Crippen LogP contribution in [0.15, 0.2) is 0 Å². The first-order valence-electron chi connectivity index (χ1n) is 6.19. The highest BCUT2D eigenvalue weighted by Crippen LogP contribution is 2.15. The first-order valence-corrected chi connectivity index (χ1v) is 6.19. The number of nitrogens with two attached hydrogens (primary N) is 1. The molecule has 0 saturated carbocycles. The van der Waals surface area contributed by atoms with Crippen molar-refractivity contribution in [3.63, 3.8) is 0 Å². The molecule has 1 aromatic heterocycles. The number of nitrogen functional groups attached to an aromatic ring is 1. The maximum atomic E-state index is 11.6. The highest BCUT2D eigenvalue weighted by Gasteiger charge is 2.19. The standard InChI is InChI=1S/C12H21N3O3/c1-4-17-8-6-7-15-9(3)14-10(11(15)13)12(16)18-5-2/h4-8,13H2,1-3H3. The molecule has 1 aromatic rings. The predicted molar refractivity (Wildman–Crippen MR) is 68.4 cm³/mol. The summed E-state index contributed by atoms with van der Waals surface area (Å²) in [5.74, 6) is 0.608. The zero-order valence-electron chi connectivity index (χ0n) is 11.2. The molecule has 0 aliphatic rings. The van der Waals surface area contributed by atoms with E-state index in [-0.39, 0.29) is 5.69 Å². The van der Waals surface area contributed by atoms with Crippen LogP contribution in [0, 0.1) is 6.92 Å². The predicted octanol–water partition coefficient (Wildman–Crippen LogP) is 1.38. The molecule has 1 rings (SSSR count). The largest absolute Gasteiger partial charge is 0.461 e. The number of carbonyl (C=O) groups is 1. The van der Waals surface area contributed by atoms with Crippen LogP contribution in [0.1, 0.15) is 36.6 Å². The Morgan fingerprint density at radius 2 is 2.11 bits per heavy atom. The lowest BCUT2D eigenvalue weighted by molar-refractivity contribution is 0.0521. The lowest BCUT2D eigenvalue weighted by atomic mass is 10.4. The van der Waals surface area contributed by atoms with E-state index in [2.05, 4.69) is 4.98 Å². The van der Waals surface area contributed by atoms with Gasteiger partial charge in [0.1, 0.15) is 11.6 Å². The second kappa shape index (κ2) is 7.00. The average Bonchev–Trinajstić information content (AvgIpc) is 2.62. The summed E-state index contributed by atoms with van der Waals surface area (Å²) in [6, 6.07) is 0. The number of esters is 1. The fourth-order valence-corrected chi connectivity index (χ4v) is 1.68. The van der Waals surface area contributed by atoms with Crippen LogP contribution < -0.4 is 5.73 Å². The Labute approximate surface area is 107 Å². The van der Waals surface area contributed by atoms with E-state index in [0.29, 0.717) is 38.0 Å².